The maximum atomic E-state index is 11.0. The maximum absolute atomic E-state index is 11.0. The Morgan fingerprint density at radius 1 is 1.40 bits per heavy atom. The standard InChI is InChI=1S/C7H8BrNO/c8-4-3-7(10)9-5-1-2-6-9/h1-2,5-6H2. The summed E-state index contributed by atoms with van der Waals surface area (Å²) in [5.74, 6) is 2.38. The van der Waals surface area contributed by atoms with E-state index in [1.807, 2.05) is 0 Å². The summed E-state index contributed by atoms with van der Waals surface area (Å²) in [5, 5.41) is 0. The van der Waals surface area contributed by atoms with Gasteiger partial charge in [0.05, 0.1) is 0 Å². The van der Waals surface area contributed by atoms with Crippen LogP contribution in [0.2, 0.25) is 0 Å². The van der Waals surface area contributed by atoms with Gasteiger partial charge in [-0.3, -0.25) is 4.79 Å². The third kappa shape index (κ3) is 1.74. The summed E-state index contributed by atoms with van der Waals surface area (Å²) < 4.78 is 0. The fourth-order valence-corrected chi connectivity index (χ4v) is 1.21. The lowest BCUT2D eigenvalue weighted by atomic mass is 10.4. The number of hydrogen-bond acceptors (Lipinski definition) is 1. The summed E-state index contributed by atoms with van der Waals surface area (Å²) in [6.07, 6.45) is 2.24. The Labute approximate surface area is 68.7 Å². The summed E-state index contributed by atoms with van der Waals surface area (Å²) in [5.41, 5.74) is 0. The molecule has 1 fully saturated rings. The molecule has 2 nitrogen and oxygen atoms in total. The van der Waals surface area contributed by atoms with Crippen LogP contribution in [-0.4, -0.2) is 23.9 Å². The SMILES string of the molecule is O=C(C#CBr)N1CCCC1. The fourth-order valence-electron chi connectivity index (χ4n) is 1.04. The van der Waals surface area contributed by atoms with E-state index in [4.69, 9.17) is 0 Å². The van der Waals surface area contributed by atoms with Crippen LogP contribution in [-0.2, 0) is 4.79 Å². The molecule has 0 aromatic rings. The van der Waals surface area contributed by atoms with E-state index in [-0.39, 0.29) is 5.91 Å². The molecule has 0 atom stereocenters. The van der Waals surface area contributed by atoms with Crippen LogP contribution in [0.5, 0.6) is 0 Å². The summed E-state index contributed by atoms with van der Waals surface area (Å²) in [7, 11) is 0. The molecule has 1 aliphatic heterocycles. The number of nitrogens with zero attached hydrogens (tertiary/aromatic N) is 1. The molecule has 3 heteroatoms. The molecule has 0 unspecified atom stereocenters. The number of amides is 1. The van der Waals surface area contributed by atoms with Crippen molar-refractivity contribution in [3.63, 3.8) is 0 Å². The van der Waals surface area contributed by atoms with Crippen LogP contribution in [0, 0.1) is 10.8 Å². The third-order valence-corrected chi connectivity index (χ3v) is 1.75. The predicted molar refractivity (Wildman–Crippen MR) is 42.5 cm³/mol. The van der Waals surface area contributed by atoms with Gasteiger partial charge in [0, 0.05) is 34.9 Å². The van der Waals surface area contributed by atoms with E-state index >= 15 is 0 Å². The highest BCUT2D eigenvalue weighted by atomic mass is 79.9. The Morgan fingerprint density at radius 2 is 2.00 bits per heavy atom. The van der Waals surface area contributed by atoms with E-state index in [1.54, 1.807) is 4.90 Å². The van der Waals surface area contributed by atoms with Crippen LogP contribution in [0.3, 0.4) is 0 Å². The minimum Gasteiger partial charge on any atom is -0.332 e. The van der Waals surface area contributed by atoms with Crippen LogP contribution in [0.25, 0.3) is 0 Å². The molecule has 0 aliphatic carbocycles. The summed E-state index contributed by atoms with van der Waals surface area (Å²) in [6, 6.07) is 0. The molecule has 0 aromatic carbocycles. The molecule has 0 N–H and O–H groups in total. The normalized spacial score (nSPS) is 16.3. The summed E-state index contributed by atoms with van der Waals surface area (Å²) in [6.45, 7) is 1.75. The van der Waals surface area contributed by atoms with E-state index < -0.39 is 0 Å². The molecule has 1 saturated heterocycles. The van der Waals surface area contributed by atoms with Gasteiger partial charge in [0.15, 0.2) is 0 Å². The number of likely N-dealkylation sites (tertiary alicyclic amines) is 1. The largest absolute Gasteiger partial charge is 0.332 e. The van der Waals surface area contributed by atoms with Gasteiger partial charge in [0.1, 0.15) is 0 Å². The van der Waals surface area contributed by atoms with E-state index in [2.05, 4.69) is 26.7 Å². The van der Waals surface area contributed by atoms with E-state index in [0.717, 1.165) is 25.9 Å². The molecule has 1 heterocycles. The Kier molecular flexibility index (Phi) is 2.76. The van der Waals surface area contributed by atoms with Crippen molar-refractivity contribution in [2.75, 3.05) is 13.1 Å². The lowest BCUT2D eigenvalue weighted by Crippen LogP contribution is -2.25. The quantitative estimate of drug-likeness (QED) is 0.536. The predicted octanol–water partition coefficient (Wildman–Crippen LogP) is 0.965. The van der Waals surface area contributed by atoms with Gasteiger partial charge >= 0.3 is 0 Å². The lowest BCUT2D eigenvalue weighted by Gasteiger charge is -2.09. The summed E-state index contributed by atoms with van der Waals surface area (Å²) in [4.78, 5) is 15.2. The monoisotopic (exact) mass is 201 g/mol. The smallest absolute Gasteiger partial charge is 0.299 e. The number of rotatable bonds is 0. The minimum absolute atomic E-state index is 0.0608. The van der Waals surface area contributed by atoms with E-state index in [1.165, 1.54) is 0 Å². The average molecular weight is 202 g/mol. The summed E-state index contributed by atoms with van der Waals surface area (Å²) >= 11 is 2.89. The first kappa shape index (κ1) is 7.62. The van der Waals surface area contributed by atoms with Crippen molar-refractivity contribution in [3.8, 4) is 10.8 Å². The molecule has 1 amide bonds. The Morgan fingerprint density at radius 3 is 2.50 bits per heavy atom. The van der Waals surface area contributed by atoms with Crippen molar-refractivity contribution in [3.05, 3.63) is 0 Å². The lowest BCUT2D eigenvalue weighted by molar-refractivity contribution is -0.124. The van der Waals surface area contributed by atoms with Gasteiger partial charge in [-0.25, -0.2) is 0 Å². The third-order valence-electron chi connectivity index (χ3n) is 1.55. The van der Waals surface area contributed by atoms with Crippen molar-refractivity contribution in [1.82, 2.24) is 4.90 Å². The molecular formula is C7H8BrNO. The molecule has 0 radical (unpaired) electrons. The van der Waals surface area contributed by atoms with Crippen molar-refractivity contribution in [2.24, 2.45) is 0 Å². The number of hydrogen-bond donors (Lipinski definition) is 0. The Balaban J connectivity index is 2.45. The molecule has 0 spiro atoms. The molecule has 0 saturated carbocycles. The van der Waals surface area contributed by atoms with Gasteiger partial charge < -0.3 is 4.90 Å². The average Bonchev–Trinajstić information content (AvgIpc) is 2.38. The number of halogens is 1. The molecule has 0 bridgehead atoms. The van der Waals surface area contributed by atoms with Crippen molar-refractivity contribution < 1.29 is 4.79 Å². The first-order chi connectivity index (χ1) is 4.84. The van der Waals surface area contributed by atoms with Crippen molar-refractivity contribution >= 4 is 21.8 Å². The van der Waals surface area contributed by atoms with Gasteiger partial charge in [-0.2, -0.15) is 0 Å². The Bertz CT molecular complexity index is 186. The highest BCUT2D eigenvalue weighted by Gasteiger charge is 2.15. The van der Waals surface area contributed by atoms with Gasteiger partial charge in [0.2, 0.25) is 0 Å². The van der Waals surface area contributed by atoms with Crippen molar-refractivity contribution in [1.29, 1.82) is 0 Å². The van der Waals surface area contributed by atoms with Gasteiger partial charge in [0.25, 0.3) is 5.91 Å². The van der Waals surface area contributed by atoms with Crippen LogP contribution in [0.15, 0.2) is 0 Å². The van der Waals surface area contributed by atoms with Gasteiger partial charge in [-0.1, -0.05) is 0 Å². The van der Waals surface area contributed by atoms with Crippen LogP contribution >= 0.6 is 15.9 Å². The van der Waals surface area contributed by atoms with E-state index in [0.29, 0.717) is 0 Å². The zero-order valence-corrected chi connectivity index (χ0v) is 7.15. The Hall–Kier alpha value is -0.490. The second kappa shape index (κ2) is 3.62. The fraction of sp³-hybridized carbons (Fsp3) is 0.571. The zero-order valence-electron chi connectivity index (χ0n) is 5.56. The first-order valence-electron chi connectivity index (χ1n) is 3.25. The van der Waals surface area contributed by atoms with Crippen molar-refractivity contribution in [2.45, 2.75) is 12.8 Å². The molecule has 54 valence electrons. The van der Waals surface area contributed by atoms with E-state index in [9.17, 15) is 4.79 Å². The van der Waals surface area contributed by atoms with Crippen LogP contribution in [0.4, 0.5) is 0 Å². The molecular weight excluding hydrogens is 194 g/mol. The van der Waals surface area contributed by atoms with Crippen LogP contribution < -0.4 is 0 Å². The second-order valence-corrected chi connectivity index (χ2v) is 2.62. The molecule has 10 heavy (non-hydrogen) atoms. The maximum Gasteiger partial charge on any atom is 0.299 e. The first-order valence-corrected chi connectivity index (χ1v) is 4.04. The van der Waals surface area contributed by atoms with Crippen LogP contribution in [0.1, 0.15) is 12.8 Å². The highest BCUT2D eigenvalue weighted by Crippen LogP contribution is 2.06. The number of carbonyl (C=O) groups is 1. The zero-order chi connectivity index (χ0) is 7.40. The van der Waals surface area contributed by atoms with Gasteiger partial charge in [-0.15, -0.1) is 0 Å². The molecule has 1 aliphatic rings. The topological polar surface area (TPSA) is 20.3 Å². The highest BCUT2D eigenvalue weighted by molar-refractivity contribution is 9.12. The van der Waals surface area contributed by atoms with Gasteiger partial charge in [-0.05, 0) is 17.7 Å². The molecule has 0 aromatic heterocycles. The molecule has 1 rings (SSSR count). The minimum atomic E-state index is -0.0608. The second-order valence-electron chi connectivity index (χ2n) is 2.22. The number of carbonyl (C=O) groups excluding carboxylic acids is 1.